The highest BCUT2D eigenvalue weighted by Crippen LogP contribution is 2.17. The average molecular weight is 281 g/mol. The van der Waals surface area contributed by atoms with Gasteiger partial charge in [0.25, 0.3) is 0 Å². The molecule has 0 aliphatic heterocycles. The van der Waals surface area contributed by atoms with Gasteiger partial charge in [0.1, 0.15) is 5.75 Å². The second kappa shape index (κ2) is 6.07. The molecule has 0 spiro atoms. The molecule has 0 N–H and O–H groups in total. The molecule has 0 saturated carbocycles. The minimum Gasteiger partial charge on any atom is -0.494 e. The molecule has 0 unspecified atom stereocenters. The van der Waals surface area contributed by atoms with Crippen LogP contribution in [0.3, 0.4) is 0 Å². The van der Waals surface area contributed by atoms with Gasteiger partial charge in [-0.15, -0.1) is 0 Å². The van der Waals surface area contributed by atoms with E-state index in [-0.39, 0.29) is 5.75 Å². The van der Waals surface area contributed by atoms with Crippen molar-refractivity contribution in [2.75, 3.05) is 12.4 Å². The average Bonchev–Trinajstić information content (AvgIpc) is 2.34. The zero-order chi connectivity index (χ0) is 14.5. The Morgan fingerprint density at radius 1 is 1.21 bits per heavy atom. The highest BCUT2D eigenvalue weighted by Gasteiger charge is 2.28. The normalized spacial score (nSPS) is 11.9. The van der Waals surface area contributed by atoms with E-state index in [1.165, 1.54) is 0 Å². The molecule has 0 saturated heterocycles. The van der Waals surface area contributed by atoms with Gasteiger partial charge in [0.15, 0.2) is 9.84 Å². The van der Waals surface area contributed by atoms with E-state index < -0.39 is 14.6 Å². The smallest absolute Gasteiger partial charge is 0.155 e. The maximum Gasteiger partial charge on any atom is 0.155 e. The summed E-state index contributed by atoms with van der Waals surface area (Å²) < 4.78 is 28.4. The van der Waals surface area contributed by atoms with Crippen LogP contribution in [0.15, 0.2) is 24.3 Å². The van der Waals surface area contributed by atoms with Crippen LogP contribution in [0.5, 0.6) is 5.75 Å². The molecule has 0 atom stereocenters. The van der Waals surface area contributed by atoms with Crippen LogP contribution in [0.4, 0.5) is 0 Å². The van der Waals surface area contributed by atoms with E-state index in [0.29, 0.717) is 24.3 Å². The minimum atomic E-state index is -3.09. The van der Waals surface area contributed by atoms with E-state index in [2.05, 4.69) is 0 Å². The maximum atomic E-state index is 11.9. The van der Waals surface area contributed by atoms with Crippen LogP contribution in [0.1, 0.15) is 32.8 Å². The molecule has 1 aromatic rings. The Bertz CT molecular complexity index is 548. The monoisotopic (exact) mass is 281 g/mol. The highest BCUT2D eigenvalue weighted by molar-refractivity contribution is 7.92. The Morgan fingerprint density at radius 2 is 1.79 bits per heavy atom. The quantitative estimate of drug-likeness (QED) is 0.778. The number of rotatable bonds is 5. The number of nitrogens with zero attached hydrogens (tertiary/aromatic N) is 1. The van der Waals surface area contributed by atoms with Gasteiger partial charge >= 0.3 is 0 Å². The van der Waals surface area contributed by atoms with E-state index in [1.807, 2.05) is 6.07 Å². The predicted octanol–water partition coefficient (Wildman–Crippen LogP) is 2.54. The number of ether oxygens (including phenoxy) is 1. The summed E-state index contributed by atoms with van der Waals surface area (Å²) in [5.41, 5.74) is 0.572. The molecule has 0 aliphatic rings. The molecule has 0 fully saturated rings. The van der Waals surface area contributed by atoms with Gasteiger partial charge in [-0.1, -0.05) is 0 Å². The lowest BCUT2D eigenvalue weighted by Crippen LogP contribution is -2.30. The molecule has 19 heavy (non-hydrogen) atoms. The third-order valence-electron chi connectivity index (χ3n) is 2.74. The van der Waals surface area contributed by atoms with Crippen molar-refractivity contribution in [2.45, 2.75) is 31.9 Å². The number of hydrogen-bond acceptors (Lipinski definition) is 4. The van der Waals surface area contributed by atoms with Gasteiger partial charge in [0, 0.05) is 0 Å². The SMILES string of the molecule is CC(C)(C)S(=O)(=O)CCCOc1ccc(C#N)cc1. The van der Waals surface area contributed by atoms with Crippen LogP contribution in [0.2, 0.25) is 0 Å². The van der Waals surface area contributed by atoms with Crippen LogP contribution < -0.4 is 4.74 Å². The fourth-order valence-corrected chi connectivity index (χ4v) is 2.48. The standard InChI is InChI=1S/C14H19NO3S/c1-14(2,3)19(16,17)10-4-9-18-13-7-5-12(11-15)6-8-13/h5-8H,4,9-10H2,1-3H3. The first-order valence-electron chi connectivity index (χ1n) is 6.11. The minimum absolute atomic E-state index is 0.118. The zero-order valence-corrected chi connectivity index (χ0v) is 12.3. The lowest BCUT2D eigenvalue weighted by Gasteiger charge is -2.18. The second-order valence-electron chi connectivity index (χ2n) is 5.27. The number of sulfone groups is 1. The third kappa shape index (κ3) is 4.56. The Balaban J connectivity index is 2.41. The lowest BCUT2D eigenvalue weighted by atomic mass is 10.2. The summed E-state index contributed by atoms with van der Waals surface area (Å²) >= 11 is 0. The van der Waals surface area contributed by atoms with Gasteiger partial charge in [-0.05, 0) is 51.5 Å². The zero-order valence-electron chi connectivity index (χ0n) is 11.5. The second-order valence-corrected chi connectivity index (χ2v) is 8.13. The first-order valence-corrected chi connectivity index (χ1v) is 7.77. The van der Waals surface area contributed by atoms with Gasteiger partial charge in [0.05, 0.1) is 28.7 Å². The molecule has 4 nitrogen and oxygen atoms in total. The lowest BCUT2D eigenvalue weighted by molar-refractivity contribution is 0.317. The summed E-state index contributed by atoms with van der Waals surface area (Å²) in [4.78, 5) is 0. The van der Waals surface area contributed by atoms with Crippen molar-refractivity contribution in [3.05, 3.63) is 29.8 Å². The molecular formula is C14H19NO3S. The molecule has 104 valence electrons. The van der Waals surface area contributed by atoms with Gasteiger partial charge in [-0.2, -0.15) is 5.26 Å². The van der Waals surface area contributed by atoms with E-state index in [4.69, 9.17) is 10.00 Å². The molecule has 1 rings (SSSR count). The van der Waals surface area contributed by atoms with Crippen LogP contribution in [0, 0.1) is 11.3 Å². The summed E-state index contributed by atoms with van der Waals surface area (Å²) in [6, 6.07) is 8.77. The summed E-state index contributed by atoms with van der Waals surface area (Å²) in [5.74, 6) is 0.763. The summed E-state index contributed by atoms with van der Waals surface area (Å²) in [7, 11) is -3.09. The molecule has 1 aromatic carbocycles. The van der Waals surface area contributed by atoms with Crippen LogP contribution >= 0.6 is 0 Å². The van der Waals surface area contributed by atoms with Gasteiger partial charge < -0.3 is 4.74 Å². The van der Waals surface area contributed by atoms with Crippen molar-refractivity contribution < 1.29 is 13.2 Å². The largest absolute Gasteiger partial charge is 0.494 e. The van der Waals surface area contributed by atoms with Crippen LogP contribution in [-0.4, -0.2) is 25.5 Å². The van der Waals surface area contributed by atoms with Crippen molar-refractivity contribution >= 4 is 9.84 Å². The van der Waals surface area contributed by atoms with Gasteiger partial charge in [-0.3, -0.25) is 0 Å². The molecular weight excluding hydrogens is 262 g/mol. The fourth-order valence-electron chi connectivity index (χ4n) is 1.37. The number of nitriles is 1. The van der Waals surface area contributed by atoms with Crippen molar-refractivity contribution in [1.29, 1.82) is 5.26 Å². The van der Waals surface area contributed by atoms with Gasteiger partial charge in [-0.25, -0.2) is 8.42 Å². The van der Waals surface area contributed by atoms with E-state index in [9.17, 15) is 8.42 Å². The first kappa shape index (κ1) is 15.5. The predicted molar refractivity (Wildman–Crippen MR) is 74.8 cm³/mol. The molecule has 0 radical (unpaired) electrons. The molecule has 0 bridgehead atoms. The topological polar surface area (TPSA) is 67.2 Å². The summed E-state index contributed by atoms with van der Waals surface area (Å²) in [5, 5.41) is 8.65. The summed E-state index contributed by atoms with van der Waals surface area (Å²) in [6.45, 7) is 5.44. The van der Waals surface area contributed by atoms with Crippen molar-refractivity contribution in [2.24, 2.45) is 0 Å². The van der Waals surface area contributed by atoms with Crippen molar-refractivity contribution in [3.8, 4) is 11.8 Å². The molecule has 0 aromatic heterocycles. The van der Waals surface area contributed by atoms with E-state index in [1.54, 1.807) is 45.0 Å². The Labute approximate surface area is 114 Å². The molecule has 0 amide bonds. The number of hydrogen-bond donors (Lipinski definition) is 0. The summed E-state index contributed by atoms with van der Waals surface area (Å²) in [6.07, 6.45) is 0.458. The maximum absolute atomic E-state index is 11.9. The Kier molecular flexibility index (Phi) is 4.96. The fraction of sp³-hybridized carbons (Fsp3) is 0.500. The molecule has 0 aliphatic carbocycles. The molecule has 5 heteroatoms. The van der Waals surface area contributed by atoms with E-state index >= 15 is 0 Å². The van der Waals surface area contributed by atoms with Crippen LogP contribution in [-0.2, 0) is 9.84 Å². The Hall–Kier alpha value is -1.54. The van der Waals surface area contributed by atoms with Crippen molar-refractivity contribution in [3.63, 3.8) is 0 Å². The van der Waals surface area contributed by atoms with Gasteiger partial charge in [0.2, 0.25) is 0 Å². The first-order chi connectivity index (χ1) is 8.76. The number of benzene rings is 1. The molecule has 0 heterocycles. The van der Waals surface area contributed by atoms with E-state index in [0.717, 1.165) is 0 Å². The third-order valence-corrected chi connectivity index (χ3v) is 5.43. The van der Waals surface area contributed by atoms with Crippen LogP contribution in [0.25, 0.3) is 0 Å². The Morgan fingerprint density at radius 3 is 2.26 bits per heavy atom. The highest BCUT2D eigenvalue weighted by atomic mass is 32.2. The van der Waals surface area contributed by atoms with Crippen molar-refractivity contribution in [1.82, 2.24) is 0 Å².